The van der Waals surface area contributed by atoms with Gasteiger partial charge in [0.25, 0.3) is 0 Å². The second kappa shape index (κ2) is 4.78. The number of carboxylic acids is 1. The average Bonchev–Trinajstić information content (AvgIpc) is 2.69. The van der Waals surface area contributed by atoms with Crippen molar-refractivity contribution in [1.82, 2.24) is 5.01 Å². The van der Waals surface area contributed by atoms with Crippen LogP contribution < -0.4 is 0 Å². The zero-order valence-corrected chi connectivity index (χ0v) is 9.17. The third-order valence-corrected chi connectivity index (χ3v) is 2.49. The van der Waals surface area contributed by atoms with Crippen LogP contribution in [0.5, 0.6) is 0 Å². The van der Waals surface area contributed by atoms with Crippen LogP contribution in [0.1, 0.15) is 18.4 Å². The molecule has 1 N–H and O–H groups in total. The number of hydrazone groups is 1. The summed E-state index contributed by atoms with van der Waals surface area (Å²) >= 11 is 0. The van der Waals surface area contributed by atoms with Crippen molar-refractivity contribution in [2.45, 2.75) is 12.8 Å². The molecule has 0 saturated heterocycles. The van der Waals surface area contributed by atoms with Crippen molar-refractivity contribution in [2.24, 2.45) is 5.10 Å². The number of amides is 1. The van der Waals surface area contributed by atoms with E-state index in [-0.39, 0.29) is 25.3 Å². The molecule has 0 bridgehead atoms. The minimum atomic E-state index is -0.929. The van der Waals surface area contributed by atoms with Gasteiger partial charge in [0.1, 0.15) is 0 Å². The van der Waals surface area contributed by atoms with Gasteiger partial charge in [-0.2, -0.15) is 5.10 Å². The first-order valence-corrected chi connectivity index (χ1v) is 5.32. The van der Waals surface area contributed by atoms with Crippen molar-refractivity contribution in [3.05, 3.63) is 35.9 Å². The maximum atomic E-state index is 11.6. The third kappa shape index (κ3) is 2.69. The van der Waals surface area contributed by atoms with Crippen molar-refractivity contribution in [2.75, 3.05) is 6.54 Å². The molecule has 88 valence electrons. The lowest BCUT2D eigenvalue weighted by atomic mass is 10.1. The highest BCUT2D eigenvalue weighted by molar-refractivity contribution is 6.13. The van der Waals surface area contributed by atoms with Crippen molar-refractivity contribution in [3.63, 3.8) is 0 Å². The number of hydrogen-bond acceptors (Lipinski definition) is 3. The Bertz CT molecular complexity index is 468. The van der Waals surface area contributed by atoms with E-state index in [0.29, 0.717) is 5.71 Å². The summed E-state index contributed by atoms with van der Waals surface area (Å²) in [7, 11) is 0. The van der Waals surface area contributed by atoms with E-state index in [1.165, 1.54) is 5.01 Å². The summed E-state index contributed by atoms with van der Waals surface area (Å²) in [6, 6.07) is 9.41. The van der Waals surface area contributed by atoms with Crippen LogP contribution in [0.4, 0.5) is 0 Å². The first-order chi connectivity index (χ1) is 8.16. The Morgan fingerprint density at radius 2 is 2.06 bits per heavy atom. The van der Waals surface area contributed by atoms with Gasteiger partial charge in [-0.15, -0.1) is 0 Å². The van der Waals surface area contributed by atoms with E-state index in [9.17, 15) is 9.59 Å². The normalized spacial score (nSPS) is 14.9. The van der Waals surface area contributed by atoms with E-state index in [0.717, 1.165) is 5.56 Å². The van der Waals surface area contributed by atoms with E-state index in [4.69, 9.17) is 5.11 Å². The van der Waals surface area contributed by atoms with Gasteiger partial charge < -0.3 is 5.11 Å². The second-order valence-corrected chi connectivity index (χ2v) is 3.75. The van der Waals surface area contributed by atoms with Crippen LogP contribution in [0.25, 0.3) is 0 Å². The van der Waals surface area contributed by atoms with Crippen molar-refractivity contribution < 1.29 is 14.7 Å². The molecule has 1 aromatic rings. The minimum Gasteiger partial charge on any atom is -0.481 e. The Hall–Kier alpha value is -2.17. The monoisotopic (exact) mass is 232 g/mol. The molecule has 5 heteroatoms. The fourth-order valence-electron chi connectivity index (χ4n) is 1.64. The molecule has 0 aromatic heterocycles. The molecule has 1 aromatic carbocycles. The van der Waals surface area contributed by atoms with Crippen molar-refractivity contribution in [1.29, 1.82) is 0 Å². The van der Waals surface area contributed by atoms with Crippen LogP contribution in [0.2, 0.25) is 0 Å². The molecule has 1 amide bonds. The number of carbonyl (C=O) groups excluding carboxylic acids is 1. The number of nitrogens with zero attached hydrogens (tertiary/aromatic N) is 2. The lowest BCUT2D eigenvalue weighted by Gasteiger charge is -2.08. The summed E-state index contributed by atoms with van der Waals surface area (Å²) in [6.07, 6.45) is 0.154. The summed E-state index contributed by atoms with van der Waals surface area (Å²) in [5.41, 5.74) is 1.60. The standard InChI is InChI=1S/C12H12N2O3/c15-11-8-10(9-4-2-1-3-5-9)13-14(11)7-6-12(16)17/h1-5H,6-8H2,(H,16,17). The summed E-state index contributed by atoms with van der Waals surface area (Å²) < 4.78 is 0. The Morgan fingerprint density at radius 1 is 1.35 bits per heavy atom. The van der Waals surface area contributed by atoms with E-state index >= 15 is 0 Å². The Labute approximate surface area is 98.4 Å². The molecular weight excluding hydrogens is 220 g/mol. The van der Waals surface area contributed by atoms with Gasteiger partial charge in [0.15, 0.2) is 0 Å². The molecule has 17 heavy (non-hydrogen) atoms. The molecule has 0 fully saturated rings. The van der Waals surface area contributed by atoms with Crippen LogP contribution in [0.15, 0.2) is 35.4 Å². The highest BCUT2D eigenvalue weighted by Crippen LogP contribution is 2.14. The Kier molecular flexibility index (Phi) is 3.18. The van der Waals surface area contributed by atoms with Gasteiger partial charge in [-0.05, 0) is 5.56 Å². The van der Waals surface area contributed by atoms with Gasteiger partial charge in [0.05, 0.1) is 25.1 Å². The zero-order chi connectivity index (χ0) is 12.3. The largest absolute Gasteiger partial charge is 0.481 e. The fourth-order valence-corrected chi connectivity index (χ4v) is 1.64. The average molecular weight is 232 g/mol. The van der Waals surface area contributed by atoms with Gasteiger partial charge in [0.2, 0.25) is 5.91 Å². The molecule has 0 aliphatic carbocycles. The van der Waals surface area contributed by atoms with Crippen LogP contribution in [0, 0.1) is 0 Å². The Balaban J connectivity index is 2.09. The fraction of sp³-hybridized carbons (Fsp3) is 0.250. The van der Waals surface area contributed by atoms with Gasteiger partial charge in [0, 0.05) is 0 Å². The van der Waals surface area contributed by atoms with Gasteiger partial charge in [-0.25, -0.2) is 5.01 Å². The van der Waals surface area contributed by atoms with Gasteiger partial charge in [-0.1, -0.05) is 30.3 Å². The highest BCUT2D eigenvalue weighted by atomic mass is 16.4. The lowest BCUT2D eigenvalue weighted by Crippen LogP contribution is -2.23. The Morgan fingerprint density at radius 3 is 2.71 bits per heavy atom. The quantitative estimate of drug-likeness (QED) is 0.845. The summed E-state index contributed by atoms with van der Waals surface area (Å²) in [5, 5.41) is 13.9. The number of aliphatic carboxylic acids is 1. The van der Waals surface area contributed by atoms with Gasteiger partial charge in [-0.3, -0.25) is 9.59 Å². The minimum absolute atomic E-state index is 0.0860. The number of rotatable bonds is 4. The second-order valence-electron chi connectivity index (χ2n) is 3.75. The van der Waals surface area contributed by atoms with Gasteiger partial charge >= 0.3 is 5.97 Å². The molecule has 0 spiro atoms. The first-order valence-electron chi connectivity index (χ1n) is 5.32. The number of carbonyl (C=O) groups is 2. The van der Waals surface area contributed by atoms with E-state index in [2.05, 4.69) is 5.10 Å². The molecule has 2 rings (SSSR count). The summed E-state index contributed by atoms with van der Waals surface area (Å²) in [4.78, 5) is 22.0. The van der Waals surface area contributed by atoms with Crippen LogP contribution >= 0.6 is 0 Å². The van der Waals surface area contributed by atoms with Crippen LogP contribution in [-0.4, -0.2) is 34.2 Å². The third-order valence-electron chi connectivity index (χ3n) is 2.49. The molecular formula is C12H12N2O3. The molecule has 5 nitrogen and oxygen atoms in total. The SMILES string of the molecule is O=C(O)CCN1N=C(c2ccccc2)CC1=O. The number of benzene rings is 1. The van der Waals surface area contributed by atoms with Crippen molar-refractivity contribution >= 4 is 17.6 Å². The maximum absolute atomic E-state index is 11.6. The molecule has 1 aliphatic heterocycles. The predicted octanol–water partition coefficient (Wildman–Crippen LogP) is 1.10. The van der Waals surface area contributed by atoms with E-state index in [1.54, 1.807) is 0 Å². The topological polar surface area (TPSA) is 70.0 Å². The van der Waals surface area contributed by atoms with E-state index in [1.807, 2.05) is 30.3 Å². The number of hydrogen-bond donors (Lipinski definition) is 1. The number of carboxylic acid groups (broad SMARTS) is 1. The van der Waals surface area contributed by atoms with Crippen LogP contribution in [-0.2, 0) is 9.59 Å². The maximum Gasteiger partial charge on any atom is 0.305 e. The predicted molar refractivity (Wildman–Crippen MR) is 61.6 cm³/mol. The van der Waals surface area contributed by atoms with Crippen molar-refractivity contribution in [3.8, 4) is 0 Å². The molecule has 0 atom stereocenters. The molecule has 0 unspecified atom stereocenters. The molecule has 0 radical (unpaired) electrons. The molecule has 1 aliphatic rings. The first kappa shape index (κ1) is 11.3. The summed E-state index contributed by atoms with van der Waals surface area (Å²) in [6.45, 7) is 0.129. The summed E-state index contributed by atoms with van der Waals surface area (Å²) in [5.74, 6) is -1.08. The van der Waals surface area contributed by atoms with E-state index < -0.39 is 5.97 Å². The van der Waals surface area contributed by atoms with Crippen LogP contribution in [0.3, 0.4) is 0 Å². The molecule has 1 heterocycles. The molecule has 0 saturated carbocycles. The zero-order valence-electron chi connectivity index (χ0n) is 9.17. The highest BCUT2D eigenvalue weighted by Gasteiger charge is 2.24. The lowest BCUT2D eigenvalue weighted by molar-refractivity contribution is -0.138. The smallest absolute Gasteiger partial charge is 0.305 e.